The Morgan fingerprint density at radius 2 is 2.22 bits per heavy atom. The smallest absolute Gasteiger partial charge is 0.323 e. The Hall–Kier alpha value is -2.05. The van der Waals surface area contributed by atoms with Gasteiger partial charge in [-0.1, -0.05) is 6.92 Å². The highest BCUT2D eigenvalue weighted by molar-refractivity contribution is 5.79. The van der Waals surface area contributed by atoms with Crippen molar-refractivity contribution in [3.63, 3.8) is 0 Å². The fourth-order valence-corrected chi connectivity index (χ4v) is 1.61. The second kappa shape index (κ2) is 6.04. The molecule has 2 N–H and O–H groups in total. The van der Waals surface area contributed by atoms with Crippen LogP contribution >= 0.6 is 0 Å². The van der Waals surface area contributed by atoms with E-state index in [0.717, 1.165) is 22.6 Å². The molecule has 0 aliphatic heterocycles. The van der Waals surface area contributed by atoms with Crippen LogP contribution in [0.15, 0.2) is 6.20 Å². The number of carbonyl (C=O) groups is 2. The summed E-state index contributed by atoms with van der Waals surface area (Å²) in [7, 11) is 3.26. The third-order valence-corrected chi connectivity index (χ3v) is 2.48. The second-order valence-corrected chi connectivity index (χ2v) is 4.04. The van der Waals surface area contributed by atoms with Gasteiger partial charge in [0.05, 0.1) is 5.69 Å². The monoisotopic (exact) mass is 254 g/mol. The van der Waals surface area contributed by atoms with Gasteiger partial charge in [0.1, 0.15) is 6.54 Å². The summed E-state index contributed by atoms with van der Waals surface area (Å²) in [5.41, 5.74) is 1.87. The van der Waals surface area contributed by atoms with Crippen LogP contribution < -0.4 is 5.32 Å². The number of urea groups is 1. The van der Waals surface area contributed by atoms with Crippen molar-refractivity contribution >= 4 is 12.0 Å². The van der Waals surface area contributed by atoms with E-state index in [1.54, 1.807) is 4.68 Å². The first-order valence-corrected chi connectivity index (χ1v) is 5.66. The number of aliphatic carboxylic acids is 1. The van der Waals surface area contributed by atoms with Crippen LogP contribution in [0.5, 0.6) is 0 Å². The van der Waals surface area contributed by atoms with Crippen LogP contribution in [0.2, 0.25) is 0 Å². The summed E-state index contributed by atoms with van der Waals surface area (Å²) in [5, 5.41) is 15.5. The number of likely N-dealkylation sites (N-methyl/N-ethyl adjacent to an activating group) is 1. The molecule has 1 aromatic rings. The van der Waals surface area contributed by atoms with Crippen LogP contribution in [0.1, 0.15) is 18.2 Å². The quantitative estimate of drug-likeness (QED) is 0.786. The second-order valence-electron chi connectivity index (χ2n) is 4.04. The van der Waals surface area contributed by atoms with E-state index >= 15 is 0 Å². The molecule has 0 aliphatic carbocycles. The minimum absolute atomic E-state index is 0.320. The van der Waals surface area contributed by atoms with Crippen molar-refractivity contribution in [2.75, 3.05) is 13.6 Å². The van der Waals surface area contributed by atoms with E-state index in [1.165, 1.54) is 7.05 Å². The van der Waals surface area contributed by atoms with E-state index in [9.17, 15) is 9.59 Å². The normalized spacial score (nSPS) is 10.2. The minimum Gasteiger partial charge on any atom is -0.480 e. The van der Waals surface area contributed by atoms with Gasteiger partial charge in [-0.3, -0.25) is 9.48 Å². The highest BCUT2D eigenvalue weighted by Crippen LogP contribution is 2.06. The molecule has 0 saturated heterocycles. The number of aromatic nitrogens is 2. The van der Waals surface area contributed by atoms with Gasteiger partial charge in [-0.25, -0.2) is 4.79 Å². The zero-order valence-corrected chi connectivity index (χ0v) is 10.8. The summed E-state index contributed by atoms with van der Waals surface area (Å²) in [5.74, 6) is -1.04. The molecule has 0 saturated carbocycles. The molecule has 7 heteroatoms. The number of rotatable bonds is 5. The largest absolute Gasteiger partial charge is 0.480 e. The molecule has 100 valence electrons. The average molecular weight is 254 g/mol. The maximum absolute atomic E-state index is 11.6. The number of carboxylic acid groups (broad SMARTS) is 1. The van der Waals surface area contributed by atoms with Gasteiger partial charge in [0.2, 0.25) is 0 Å². The predicted octanol–water partition coefficient (Wildman–Crippen LogP) is 0.209. The van der Waals surface area contributed by atoms with Crippen molar-refractivity contribution in [1.82, 2.24) is 20.0 Å². The van der Waals surface area contributed by atoms with Gasteiger partial charge in [0.25, 0.3) is 0 Å². The van der Waals surface area contributed by atoms with Crippen molar-refractivity contribution in [2.45, 2.75) is 19.9 Å². The SMILES string of the molecule is CCc1nn(C)cc1CNC(=O)N(C)CC(=O)O. The van der Waals surface area contributed by atoms with Crippen LogP contribution in [0.3, 0.4) is 0 Å². The molecule has 0 unspecified atom stereocenters. The van der Waals surface area contributed by atoms with Crippen molar-refractivity contribution in [3.05, 3.63) is 17.5 Å². The Morgan fingerprint density at radius 3 is 2.78 bits per heavy atom. The summed E-state index contributed by atoms with van der Waals surface area (Å²) in [6.07, 6.45) is 2.63. The van der Waals surface area contributed by atoms with Gasteiger partial charge >= 0.3 is 12.0 Å². The molecule has 7 nitrogen and oxygen atoms in total. The fraction of sp³-hybridized carbons (Fsp3) is 0.545. The molecule has 0 aromatic carbocycles. The van der Waals surface area contributed by atoms with E-state index < -0.39 is 12.0 Å². The Labute approximate surface area is 105 Å². The molecule has 1 heterocycles. The molecule has 0 radical (unpaired) electrons. The maximum atomic E-state index is 11.6. The topological polar surface area (TPSA) is 87.5 Å². The first kappa shape index (κ1) is 14.0. The van der Waals surface area contributed by atoms with E-state index in [1.807, 2.05) is 20.2 Å². The van der Waals surface area contributed by atoms with Crippen molar-refractivity contribution in [2.24, 2.45) is 7.05 Å². The van der Waals surface area contributed by atoms with Gasteiger partial charge in [-0.2, -0.15) is 5.10 Å². The fourth-order valence-electron chi connectivity index (χ4n) is 1.61. The predicted molar refractivity (Wildman–Crippen MR) is 65.1 cm³/mol. The molecule has 2 amide bonds. The van der Waals surface area contributed by atoms with Gasteiger partial charge in [-0.05, 0) is 6.42 Å². The van der Waals surface area contributed by atoms with Gasteiger partial charge in [0.15, 0.2) is 0 Å². The molecule has 0 atom stereocenters. The number of carboxylic acids is 1. The molecule has 18 heavy (non-hydrogen) atoms. The number of carbonyl (C=O) groups excluding carboxylic acids is 1. The number of hydrogen-bond acceptors (Lipinski definition) is 3. The van der Waals surface area contributed by atoms with Crippen LogP contribution in [-0.4, -0.2) is 45.4 Å². The van der Waals surface area contributed by atoms with Crippen LogP contribution in [0.25, 0.3) is 0 Å². The van der Waals surface area contributed by atoms with E-state index in [4.69, 9.17) is 5.11 Å². The zero-order valence-electron chi connectivity index (χ0n) is 10.8. The number of amides is 2. The Morgan fingerprint density at radius 1 is 1.56 bits per heavy atom. The lowest BCUT2D eigenvalue weighted by Gasteiger charge is -2.15. The van der Waals surface area contributed by atoms with Gasteiger partial charge in [0, 0.05) is 32.4 Å². The van der Waals surface area contributed by atoms with Gasteiger partial charge in [-0.15, -0.1) is 0 Å². The third kappa shape index (κ3) is 3.76. The summed E-state index contributed by atoms with van der Waals surface area (Å²) in [4.78, 5) is 23.2. The molecule has 0 spiro atoms. The minimum atomic E-state index is -1.04. The molecule has 0 aliphatic rings. The third-order valence-electron chi connectivity index (χ3n) is 2.48. The van der Waals surface area contributed by atoms with Crippen molar-refractivity contribution < 1.29 is 14.7 Å². The van der Waals surface area contributed by atoms with E-state index in [-0.39, 0.29) is 6.54 Å². The van der Waals surface area contributed by atoms with Crippen molar-refractivity contribution in [1.29, 1.82) is 0 Å². The standard InChI is InChI=1S/C11H18N4O3/c1-4-9-8(6-15(3)13-9)5-12-11(18)14(2)7-10(16)17/h6H,4-5,7H2,1-3H3,(H,12,18)(H,16,17). The molecule has 1 aromatic heterocycles. The number of aryl methyl sites for hydroxylation is 2. The van der Waals surface area contributed by atoms with Crippen molar-refractivity contribution in [3.8, 4) is 0 Å². The van der Waals surface area contributed by atoms with E-state index in [2.05, 4.69) is 10.4 Å². The lowest BCUT2D eigenvalue weighted by Crippen LogP contribution is -2.39. The van der Waals surface area contributed by atoms with Crippen LogP contribution in [0.4, 0.5) is 4.79 Å². The Balaban J connectivity index is 2.54. The molecule has 0 bridgehead atoms. The molecular formula is C11H18N4O3. The Bertz CT molecular complexity index is 441. The number of hydrogen-bond donors (Lipinski definition) is 2. The molecular weight excluding hydrogens is 236 g/mol. The summed E-state index contributed by atoms with van der Waals surface area (Å²) >= 11 is 0. The first-order valence-electron chi connectivity index (χ1n) is 5.66. The highest BCUT2D eigenvalue weighted by atomic mass is 16.4. The molecule has 0 fully saturated rings. The number of nitrogens with zero attached hydrogens (tertiary/aromatic N) is 3. The number of nitrogens with one attached hydrogen (secondary N) is 1. The average Bonchev–Trinajstić information content (AvgIpc) is 2.65. The highest BCUT2D eigenvalue weighted by Gasteiger charge is 2.13. The summed E-state index contributed by atoms with van der Waals surface area (Å²) in [6, 6.07) is -0.414. The summed E-state index contributed by atoms with van der Waals surface area (Å²) < 4.78 is 1.70. The van der Waals surface area contributed by atoms with E-state index in [0.29, 0.717) is 6.54 Å². The first-order chi connectivity index (χ1) is 8.43. The lowest BCUT2D eigenvalue weighted by molar-refractivity contribution is -0.137. The molecule has 1 rings (SSSR count). The van der Waals surface area contributed by atoms with Gasteiger partial charge < -0.3 is 15.3 Å². The lowest BCUT2D eigenvalue weighted by atomic mass is 10.2. The van der Waals surface area contributed by atoms with Crippen LogP contribution in [-0.2, 0) is 24.8 Å². The zero-order chi connectivity index (χ0) is 13.7. The maximum Gasteiger partial charge on any atom is 0.323 e. The Kier molecular flexibility index (Phi) is 4.70. The van der Waals surface area contributed by atoms with Crippen LogP contribution in [0, 0.1) is 0 Å². The summed E-state index contributed by atoms with van der Waals surface area (Å²) in [6.45, 7) is 2.02.